The Bertz CT molecular complexity index is 977. The normalized spacial score (nSPS) is 15.8. The molecule has 130 valence electrons. The number of anilines is 1. The lowest BCUT2D eigenvalue weighted by molar-refractivity contribution is 0.291. The van der Waals surface area contributed by atoms with Crippen LogP contribution >= 0.6 is 0 Å². The number of rotatable bonds is 4. The summed E-state index contributed by atoms with van der Waals surface area (Å²) in [7, 11) is 0. The van der Waals surface area contributed by atoms with Gasteiger partial charge in [-0.1, -0.05) is 0 Å². The van der Waals surface area contributed by atoms with E-state index in [1.807, 2.05) is 12.1 Å². The highest BCUT2D eigenvalue weighted by Crippen LogP contribution is 2.32. The highest BCUT2D eigenvalue weighted by atomic mass is 16.5. The van der Waals surface area contributed by atoms with Crippen LogP contribution in [0.4, 0.5) is 5.95 Å². The first-order valence-corrected chi connectivity index (χ1v) is 8.70. The second-order valence-electron chi connectivity index (χ2n) is 6.56. The van der Waals surface area contributed by atoms with Crippen molar-refractivity contribution in [1.29, 1.82) is 0 Å². The molecule has 0 saturated heterocycles. The Hall–Kier alpha value is -3.22. The molecule has 0 radical (unpaired) electrons. The average molecular weight is 346 g/mol. The van der Waals surface area contributed by atoms with Gasteiger partial charge in [-0.15, -0.1) is 0 Å². The van der Waals surface area contributed by atoms with E-state index in [0.29, 0.717) is 24.5 Å². The maximum absolute atomic E-state index is 5.84. The molecule has 0 spiro atoms. The monoisotopic (exact) mass is 346 g/mol. The van der Waals surface area contributed by atoms with Gasteiger partial charge in [0.25, 0.3) is 0 Å². The first kappa shape index (κ1) is 15.1. The minimum absolute atomic E-state index is 0.340. The van der Waals surface area contributed by atoms with Crippen molar-refractivity contribution in [3.05, 3.63) is 54.2 Å². The molecule has 7 heteroatoms. The van der Waals surface area contributed by atoms with E-state index in [1.165, 1.54) is 11.3 Å². The summed E-state index contributed by atoms with van der Waals surface area (Å²) in [5.74, 6) is 1.29. The molecule has 1 aliphatic carbocycles. The van der Waals surface area contributed by atoms with Crippen molar-refractivity contribution < 1.29 is 4.74 Å². The third kappa shape index (κ3) is 2.71. The molecule has 0 N–H and O–H groups in total. The summed E-state index contributed by atoms with van der Waals surface area (Å²) in [6.07, 6.45) is 11.7. The molecule has 1 aliphatic heterocycles. The predicted molar refractivity (Wildman–Crippen MR) is 98.2 cm³/mol. The van der Waals surface area contributed by atoms with E-state index in [9.17, 15) is 0 Å². The molecule has 3 aromatic heterocycles. The number of hydrazone groups is 1. The van der Waals surface area contributed by atoms with Crippen molar-refractivity contribution in [2.75, 3.05) is 5.01 Å². The Morgan fingerprint density at radius 2 is 1.96 bits per heavy atom. The quantitative estimate of drug-likeness (QED) is 0.726. The van der Waals surface area contributed by atoms with Crippen molar-refractivity contribution in [2.45, 2.75) is 32.4 Å². The van der Waals surface area contributed by atoms with Crippen molar-refractivity contribution in [3.8, 4) is 17.0 Å². The lowest BCUT2D eigenvalue weighted by Crippen LogP contribution is -2.25. The molecule has 2 aliphatic rings. The van der Waals surface area contributed by atoms with Crippen LogP contribution in [-0.4, -0.2) is 32.0 Å². The molecule has 1 saturated carbocycles. The van der Waals surface area contributed by atoms with Crippen molar-refractivity contribution in [3.63, 3.8) is 0 Å². The number of nitrogens with zero attached hydrogens (tertiary/aromatic N) is 6. The minimum atomic E-state index is 0.340. The summed E-state index contributed by atoms with van der Waals surface area (Å²) in [5.41, 5.74) is 4.64. The van der Waals surface area contributed by atoms with Gasteiger partial charge in [-0.3, -0.25) is 0 Å². The summed E-state index contributed by atoms with van der Waals surface area (Å²) < 4.78 is 7.90. The van der Waals surface area contributed by atoms with Crippen LogP contribution in [-0.2, 0) is 6.54 Å². The van der Waals surface area contributed by atoms with E-state index in [1.54, 1.807) is 36.0 Å². The number of pyridine rings is 1. The van der Waals surface area contributed by atoms with Crippen LogP contribution < -0.4 is 9.75 Å². The van der Waals surface area contributed by atoms with Gasteiger partial charge in [-0.25, -0.2) is 20.0 Å². The summed E-state index contributed by atoms with van der Waals surface area (Å²) in [6, 6.07) is 5.83. The Kier molecular flexibility index (Phi) is 3.44. The SMILES string of the molecule is Cc1c(-c2ccnc(OC3CC3)c2)cn2c1CN(c1ncccn1)N=C2. The van der Waals surface area contributed by atoms with Gasteiger partial charge in [0.2, 0.25) is 11.8 Å². The molecular weight excluding hydrogens is 328 g/mol. The largest absolute Gasteiger partial charge is 0.474 e. The second kappa shape index (κ2) is 5.94. The molecule has 7 nitrogen and oxygen atoms in total. The molecule has 0 bridgehead atoms. The van der Waals surface area contributed by atoms with E-state index >= 15 is 0 Å². The molecule has 1 fully saturated rings. The van der Waals surface area contributed by atoms with Crippen LogP contribution in [0.3, 0.4) is 0 Å². The van der Waals surface area contributed by atoms with Crippen LogP contribution in [0.1, 0.15) is 24.1 Å². The van der Waals surface area contributed by atoms with Crippen molar-refractivity contribution in [2.24, 2.45) is 5.10 Å². The first-order chi connectivity index (χ1) is 12.8. The third-order valence-electron chi connectivity index (χ3n) is 4.67. The van der Waals surface area contributed by atoms with Crippen LogP contribution in [0.2, 0.25) is 0 Å². The minimum Gasteiger partial charge on any atom is -0.474 e. The summed E-state index contributed by atoms with van der Waals surface area (Å²) in [5, 5.41) is 6.27. The number of ether oxygens (including phenoxy) is 1. The molecular formula is C19H18N6O. The van der Waals surface area contributed by atoms with E-state index in [4.69, 9.17) is 4.74 Å². The van der Waals surface area contributed by atoms with Gasteiger partial charge in [0.1, 0.15) is 12.4 Å². The number of hydrogen-bond acceptors (Lipinski definition) is 6. The van der Waals surface area contributed by atoms with Gasteiger partial charge < -0.3 is 9.30 Å². The molecule has 5 rings (SSSR count). The van der Waals surface area contributed by atoms with Crippen molar-refractivity contribution in [1.82, 2.24) is 19.5 Å². The molecule has 0 unspecified atom stereocenters. The Morgan fingerprint density at radius 1 is 1.12 bits per heavy atom. The number of fused-ring (bicyclic) bond motifs is 1. The van der Waals surface area contributed by atoms with E-state index in [2.05, 4.69) is 37.7 Å². The van der Waals surface area contributed by atoms with E-state index < -0.39 is 0 Å². The van der Waals surface area contributed by atoms with Crippen molar-refractivity contribution >= 4 is 12.3 Å². The van der Waals surface area contributed by atoms with Gasteiger partial charge in [0, 0.05) is 42.1 Å². The Balaban J connectivity index is 1.47. The lowest BCUT2D eigenvalue weighted by Gasteiger charge is -2.21. The second-order valence-corrected chi connectivity index (χ2v) is 6.56. The Labute approximate surface area is 151 Å². The van der Waals surface area contributed by atoms with E-state index in [0.717, 1.165) is 24.0 Å². The number of aromatic nitrogens is 4. The fourth-order valence-corrected chi connectivity index (χ4v) is 3.10. The zero-order valence-electron chi connectivity index (χ0n) is 14.4. The van der Waals surface area contributed by atoms with Gasteiger partial charge in [0.05, 0.1) is 6.54 Å². The average Bonchev–Trinajstić information content (AvgIpc) is 3.44. The summed E-state index contributed by atoms with van der Waals surface area (Å²) >= 11 is 0. The zero-order valence-corrected chi connectivity index (χ0v) is 14.4. The molecule has 3 aromatic rings. The van der Waals surface area contributed by atoms with Gasteiger partial charge in [-0.2, -0.15) is 5.10 Å². The number of hydrogen-bond donors (Lipinski definition) is 0. The standard InChI is InChI=1S/C19H18N6O/c1-13-16(14-5-8-20-18(9-14)26-15-3-4-15)10-24-12-23-25(11-17(13)24)19-21-6-2-7-22-19/h2,5-10,12,15H,3-4,11H2,1H3. The summed E-state index contributed by atoms with van der Waals surface area (Å²) in [4.78, 5) is 12.9. The predicted octanol–water partition coefficient (Wildman–Crippen LogP) is 3.00. The van der Waals surface area contributed by atoms with Gasteiger partial charge in [0.15, 0.2) is 0 Å². The summed E-state index contributed by atoms with van der Waals surface area (Å²) in [6.45, 7) is 2.76. The first-order valence-electron chi connectivity index (χ1n) is 8.70. The van der Waals surface area contributed by atoms with Gasteiger partial charge in [-0.05, 0) is 43.0 Å². The fourth-order valence-electron chi connectivity index (χ4n) is 3.10. The highest BCUT2D eigenvalue weighted by Gasteiger charge is 2.25. The zero-order chi connectivity index (χ0) is 17.5. The lowest BCUT2D eigenvalue weighted by atomic mass is 10.1. The maximum Gasteiger partial charge on any atom is 0.246 e. The smallest absolute Gasteiger partial charge is 0.246 e. The van der Waals surface area contributed by atoms with Crippen LogP contribution in [0.5, 0.6) is 5.88 Å². The molecule has 0 atom stereocenters. The molecule has 26 heavy (non-hydrogen) atoms. The maximum atomic E-state index is 5.84. The topological polar surface area (TPSA) is 68.4 Å². The molecule has 0 amide bonds. The Morgan fingerprint density at radius 3 is 2.77 bits per heavy atom. The van der Waals surface area contributed by atoms with E-state index in [-0.39, 0.29) is 0 Å². The van der Waals surface area contributed by atoms with Crippen LogP contribution in [0.25, 0.3) is 11.1 Å². The third-order valence-corrected chi connectivity index (χ3v) is 4.67. The van der Waals surface area contributed by atoms with Crippen LogP contribution in [0, 0.1) is 6.92 Å². The molecule has 4 heterocycles. The van der Waals surface area contributed by atoms with Crippen LogP contribution in [0.15, 0.2) is 48.1 Å². The highest BCUT2D eigenvalue weighted by molar-refractivity contribution is 5.75. The fraction of sp³-hybridized carbons (Fsp3) is 0.263. The van der Waals surface area contributed by atoms with Gasteiger partial charge >= 0.3 is 0 Å². The molecule has 0 aromatic carbocycles.